The number of nitrogens with two attached hydrogens (primary N) is 1. The molecule has 1 rings (SSSR count). The van der Waals surface area contributed by atoms with Crippen molar-refractivity contribution in [1.82, 2.24) is 0 Å². The molecule has 0 heterocycles. The van der Waals surface area contributed by atoms with Crippen molar-refractivity contribution in [3.63, 3.8) is 0 Å². The molecule has 0 unspecified atom stereocenters. The molecule has 1 aromatic carbocycles. The first kappa shape index (κ1) is 12.2. The van der Waals surface area contributed by atoms with E-state index in [1.807, 2.05) is 14.1 Å². The molecule has 0 spiro atoms. The van der Waals surface area contributed by atoms with E-state index >= 15 is 0 Å². The Bertz CT molecular complexity index is 457. The quantitative estimate of drug-likeness (QED) is 0.485. The van der Waals surface area contributed by atoms with Crippen molar-refractivity contribution in [2.24, 2.45) is 0 Å². The maximum Gasteiger partial charge on any atom is 0.153 e. The van der Waals surface area contributed by atoms with E-state index in [1.54, 1.807) is 23.1 Å². The van der Waals surface area contributed by atoms with E-state index in [1.165, 1.54) is 0 Å². The molecule has 2 N–H and O–H groups in total. The van der Waals surface area contributed by atoms with E-state index in [4.69, 9.17) is 5.73 Å². The van der Waals surface area contributed by atoms with Crippen LogP contribution in [0.3, 0.4) is 0 Å². The van der Waals surface area contributed by atoms with Crippen LogP contribution in [0.25, 0.3) is 0 Å². The highest BCUT2D eigenvalue weighted by Gasteiger charge is 2.06. The fourth-order valence-corrected chi connectivity index (χ4v) is 2.63. The fourth-order valence-electron chi connectivity index (χ4n) is 0.983. The van der Waals surface area contributed by atoms with Crippen LogP contribution in [0.1, 0.15) is 0 Å². The highest BCUT2D eigenvalue weighted by molar-refractivity contribution is 8.69. The van der Waals surface area contributed by atoms with Crippen molar-refractivity contribution in [1.29, 1.82) is 0 Å². The average molecular weight is 247 g/mol. The number of anilines is 2. The SMILES string of the molecule is CN(C)c1ccc(N)c(SS(=O)(=O)[O-])c1. The Morgan fingerprint density at radius 2 is 2.00 bits per heavy atom. The van der Waals surface area contributed by atoms with Crippen LogP contribution in [0.5, 0.6) is 0 Å². The second-order valence-corrected chi connectivity index (χ2v) is 6.26. The average Bonchev–Trinajstić information content (AvgIpc) is 2.06. The third-order valence-electron chi connectivity index (χ3n) is 1.71. The van der Waals surface area contributed by atoms with E-state index in [0.717, 1.165) is 5.69 Å². The summed E-state index contributed by atoms with van der Waals surface area (Å²) in [6, 6.07) is 4.88. The van der Waals surface area contributed by atoms with Gasteiger partial charge in [-0.15, -0.1) is 0 Å². The normalized spacial score (nSPS) is 11.4. The highest BCUT2D eigenvalue weighted by atomic mass is 33.1. The second kappa shape index (κ2) is 4.30. The van der Waals surface area contributed by atoms with Crippen LogP contribution < -0.4 is 10.6 Å². The van der Waals surface area contributed by atoms with Gasteiger partial charge in [-0.3, -0.25) is 0 Å². The first-order valence-electron chi connectivity index (χ1n) is 4.02. The molecule has 0 aromatic heterocycles. The molecule has 0 bridgehead atoms. The highest BCUT2D eigenvalue weighted by Crippen LogP contribution is 2.31. The Kier molecular flexibility index (Phi) is 3.48. The monoisotopic (exact) mass is 247 g/mol. The third-order valence-corrected chi connectivity index (χ3v) is 3.59. The molecule has 1 aromatic rings. The Labute approximate surface area is 92.4 Å². The van der Waals surface area contributed by atoms with Gasteiger partial charge in [0.05, 0.1) is 0 Å². The summed E-state index contributed by atoms with van der Waals surface area (Å²) in [6.07, 6.45) is 0. The van der Waals surface area contributed by atoms with Crippen molar-refractivity contribution in [3.05, 3.63) is 18.2 Å². The largest absolute Gasteiger partial charge is 0.739 e. The summed E-state index contributed by atoms with van der Waals surface area (Å²) in [4.78, 5) is 2.05. The van der Waals surface area contributed by atoms with Gasteiger partial charge in [-0.2, -0.15) is 0 Å². The maximum absolute atomic E-state index is 10.6. The summed E-state index contributed by atoms with van der Waals surface area (Å²) in [6.45, 7) is 0. The van der Waals surface area contributed by atoms with Crippen LogP contribution in [0.4, 0.5) is 11.4 Å². The first-order chi connectivity index (χ1) is 6.79. The fraction of sp³-hybridized carbons (Fsp3) is 0.250. The van der Waals surface area contributed by atoms with Crippen LogP contribution >= 0.6 is 10.8 Å². The van der Waals surface area contributed by atoms with E-state index < -0.39 is 9.15 Å². The lowest BCUT2D eigenvalue weighted by Crippen LogP contribution is -2.09. The standard InChI is InChI=1S/C8H12N2O3S2/c1-10(2)6-3-4-7(9)8(5-6)14-15(11,12)13/h3-5H,9H2,1-2H3,(H,11,12,13)/p-1. The van der Waals surface area contributed by atoms with Crippen LogP contribution in [-0.4, -0.2) is 27.1 Å². The predicted octanol–water partition coefficient (Wildman–Crippen LogP) is 0.887. The molecule has 5 nitrogen and oxygen atoms in total. The van der Waals surface area contributed by atoms with Gasteiger partial charge in [0.2, 0.25) is 0 Å². The van der Waals surface area contributed by atoms with Crippen molar-refractivity contribution in [3.8, 4) is 0 Å². The van der Waals surface area contributed by atoms with Crippen LogP contribution in [0.2, 0.25) is 0 Å². The minimum absolute atomic E-state index is 0.224. The molecule has 0 aliphatic rings. The minimum Gasteiger partial charge on any atom is -0.739 e. The lowest BCUT2D eigenvalue weighted by Gasteiger charge is -2.15. The molecule has 0 amide bonds. The number of hydrogen-bond donors (Lipinski definition) is 1. The summed E-state index contributed by atoms with van der Waals surface area (Å²) in [7, 11) is -0.528. The molecule has 0 saturated heterocycles. The predicted molar refractivity (Wildman–Crippen MR) is 60.7 cm³/mol. The Morgan fingerprint density at radius 3 is 2.47 bits per heavy atom. The Hall–Kier alpha value is -0.920. The molecule has 0 atom stereocenters. The number of hydrogen-bond acceptors (Lipinski definition) is 6. The van der Waals surface area contributed by atoms with Crippen LogP contribution in [-0.2, 0) is 9.15 Å². The van der Waals surface area contributed by atoms with Crippen LogP contribution in [0.15, 0.2) is 23.1 Å². The first-order valence-corrected chi connectivity index (χ1v) is 6.76. The van der Waals surface area contributed by atoms with Gasteiger partial charge in [0.1, 0.15) is 0 Å². The minimum atomic E-state index is -4.37. The molecule has 0 fully saturated rings. The van der Waals surface area contributed by atoms with Crippen LogP contribution in [0, 0.1) is 0 Å². The van der Waals surface area contributed by atoms with Gasteiger partial charge in [0.25, 0.3) is 0 Å². The lowest BCUT2D eigenvalue weighted by atomic mass is 10.3. The number of nitrogen functional groups attached to an aromatic ring is 1. The topological polar surface area (TPSA) is 86.5 Å². The van der Waals surface area contributed by atoms with Gasteiger partial charge in [-0.25, -0.2) is 8.42 Å². The molecule has 0 aliphatic heterocycles. The van der Waals surface area contributed by atoms with Gasteiger partial charge < -0.3 is 15.2 Å². The zero-order valence-corrected chi connectivity index (χ0v) is 9.93. The van der Waals surface area contributed by atoms with Gasteiger partial charge in [-0.1, -0.05) is 0 Å². The lowest BCUT2D eigenvalue weighted by molar-refractivity contribution is 0.482. The molecular weight excluding hydrogens is 236 g/mol. The molecular formula is C8H11N2O3S2-. The van der Waals surface area contributed by atoms with E-state index in [-0.39, 0.29) is 21.4 Å². The second-order valence-electron chi connectivity index (χ2n) is 3.11. The van der Waals surface area contributed by atoms with Crippen molar-refractivity contribution >= 4 is 31.3 Å². The van der Waals surface area contributed by atoms with Gasteiger partial charge in [0.15, 0.2) is 9.15 Å². The summed E-state index contributed by atoms with van der Waals surface area (Å²) >= 11 is 0. The Morgan fingerprint density at radius 1 is 1.40 bits per heavy atom. The molecule has 84 valence electrons. The number of benzene rings is 1. The van der Waals surface area contributed by atoms with Crippen molar-refractivity contribution in [2.45, 2.75) is 4.90 Å². The van der Waals surface area contributed by atoms with E-state index in [2.05, 4.69) is 0 Å². The maximum atomic E-state index is 10.6. The molecule has 7 heteroatoms. The molecule has 0 radical (unpaired) electrons. The smallest absolute Gasteiger partial charge is 0.153 e. The van der Waals surface area contributed by atoms with E-state index in [0.29, 0.717) is 0 Å². The number of rotatable bonds is 3. The van der Waals surface area contributed by atoms with Crippen molar-refractivity contribution in [2.75, 3.05) is 24.7 Å². The zero-order valence-electron chi connectivity index (χ0n) is 8.30. The third kappa shape index (κ3) is 3.61. The summed E-state index contributed by atoms with van der Waals surface area (Å²) < 4.78 is 31.7. The summed E-state index contributed by atoms with van der Waals surface area (Å²) in [5.41, 5.74) is 6.62. The molecule has 0 saturated carbocycles. The summed E-state index contributed by atoms with van der Waals surface area (Å²) in [5, 5.41) is 0. The number of nitrogens with zero attached hydrogens (tertiary/aromatic N) is 1. The van der Waals surface area contributed by atoms with Gasteiger partial charge in [0, 0.05) is 30.4 Å². The Balaban J connectivity index is 3.11. The van der Waals surface area contributed by atoms with E-state index in [9.17, 15) is 13.0 Å². The van der Waals surface area contributed by atoms with Gasteiger partial charge >= 0.3 is 0 Å². The molecule has 15 heavy (non-hydrogen) atoms. The summed E-state index contributed by atoms with van der Waals surface area (Å²) in [5.74, 6) is 0. The molecule has 0 aliphatic carbocycles. The zero-order chi connectivity index (χ0) is 11.6. The van der Waals surface area contributed by atoms with Crippen molar-refractivity contribution < 1.29 is 13.0 Å². The van der Waals surface area contributed by atoms with Gasteiger partial charge in [-0.05, 0) is 29.0 Å².